The fourth-order valence-electron chi connectivity index (χ4n) is 3.20. The van der Waals surface area contributed by atoms with Gasteiger partial charge in [0.25, 0.3) is 0 Å². The largest absolute Gasteiger partial charge is 0.489 e. The average Bonchev–Trinajstić information content (AvgIpc) is 3.42. The molecule has 0 saturated carbocycles. The van der Waals surface area contributed by atoms with E-state index in [1.54, 1.807) is 13.2 Å². The zero-order valence-electron chi connectivity index (χ0n) is 16.3. The van der Waals surface area contributed by atoms with E-state index in [2.05, 4.69) is 4.98 Å². The number of aromatic nitrogens is 1. The number of nitrogens with zero attached hydrogens (tertiary/aromatic N) is 1. The summed E-state index contributed by atoms with van der Waals surface area (Å²) in [7, 11) is 0. The maximum Gasteiger partial charge on any atom is 0.310 e. The van der Waals surface area contributed by atoms with Gasteiger partial charge in [0, 0.05) is 21.9 Å². The predicted molar refractivity (Wildman–Crippen MR) is 114 cm³/mol. The zero-order valence-corrected chi connectivity index (χ0v) is 17.1. The Morgan fingerprint density at radius 1 is 1.23 bits per heavy atom. The van der Waals surface area contributed by atoms with Crippen LogP contribution in [0.25, 0.3) is 22.2 Å². The normalized spacial score (nSPS) is 10.8. The molecule has 0 aliphatic heterocycles. The molecule has 7 heteroatoms. The lowest BCUT2D eigenvalue weighted by Gasteiger charge is -2.12. The molecular weight excluding hydrogens is 402 g/mol. The fourth-order valence-corrected chi connectivity index (χ4v) is 3.82. The van der Waals surface area contributed by atoms with Crippen LogP contribution in [0.4, 0.5) is 0 Å². The van der Waals surface area contributed by atoms with Crippen molar-refractivity contribution in [3.05, 3.63) is 70.2 Å². The van der Waals surface area contributed by atoms with Gasteiger partial charge in [-0.05, 0) is 36.8 Å². The molecule has 0 N–H and O–H groups in total. The molecule has 0 spiro atoms. The third-order valence-corrected chi connectivity index (χ3v) is 5.29. The molecule has 2 aromatic carbocycles. The lowest BCUT2D eigenvalue weighted by molar-refractivity contribution is -0.142. The van der Waals surface area contributed by atoms with Crippen molar-refractivity contribution in [3.8, 4) is 17.0 Å². The summed E-state index contributed by atoms with van der Waals surface area (Å²) in [6, 6.07) is 13.2. The van der Waals surface area contributed by atoms with E-state index in [4.69, 9.17) is 13.9 Å². The zero-order chi connectivity index (χ0) is 20.9. The van der Waals surface area contributed by atoms with Crippen LogP contribution in [0.3, 0.4) is 0 Å². The third kappa shape index (κ3) is 4.26. The second-order valence-electron chi connectivity index (χ2n) is 6.55. The van der Waals surface area contributed by atoms with Crippen molar-refractivity contribution in [2.45, 2.75) is 20.0 Å². The number of hydrogen-bond donors (Lipinski definition) is 0. The number of carbonyl (C=O) groups excluding carboxylic acids is 2. The van der Waals surface area contributed by atoms with E-state index < -0.39 is 0 Å². The smallest absolute Gasteiger partial charge is 0.310 e. The van der Waals surface area contributed by atoms with Crippen LogP contribution >= 0.6 is 11.3 Å². The van der Waals surface area contributed by atoms with Gasteiger partial charge in [-0.3, -0.25) is 9.59 Å². The van der Waals surface area contributed by atoms with E-state index in [0.717, 1.165) is 28.4 Å². The summed E-state index contributed by atoms with van der Waals surface area (Å²) in [6.45, 7) is 2.43. The number of esters is 1. The van der Waals surface area contributed by atoms with Crippen LogP contribution in [-0.2, 0) is 22.6 Å². The topological polar surface area (TPSA) is 78.6 Å². The summed E-state index contributed by atoms with van der Waals surface area (Å²) in [6.07, 6.45) is 2.52. The molecular formula is C23H19NO5S. The van der Waals surface area contributed by atoms with E-state index in [0.29, 0.717) is 35.2 Å². The van der Waals surface area contributed by atoms with Gasteiger partial charge in [-0.1, -0.05) is 18.2 Å². The number of carbonyl (C=O) groups is 2. The quantitative estimate of drug-likeness (QED) is 0.292. The SMILES string of the molecule is CCOC(=O)Cc1ccccc1OCc1cc(-c2csc(C=O)n2)c2occc2c1. The van der Waals surface area contributed by atoms with Crippen molar-refractivity contribution in [1.29, 1.82) is 0 Å². The maximum absolute atomic E-state index is 11.9. The van der Waals surface area contributed by atoms with E-state index in [1.807, 2.05) is 47.8 Å². The van der Waals surface area contributed by atoms with Crippen LogP contribution in [0.5, 0.6) is 5.75 Å². The number of rotatable bonds is 8. The van der Waals surface area contributed by atoms with Crippen LogP contribution in [0.15, 0.2) is 58.5 Å². The molecule has 4 rings (SSSR count). The average molecular weight is 421 g/mol. The Labute approximate surface area is 177 Å². The highest BCUT2D eigenvalue weighted by atomic mass is 32.1. The molecule has 152 valence electrons. The van der Waals surface area contributed by atoms with Crippen LogP contribution in [0, 0.1) is 0 Å². The van der Waals surface area contributed by atoms with E-state index >= 15 is 0 Å². The molecule has 6 nitrogen and oxygen atoms in total. The highest BCUT2D eigenvalue weighted by Crippen LogP contribution is 2.32. The van der Waals surface area contributed by atoms with Crippen molar-refractivity contribution in [1.82, 2.24) is 4.98 Å². The van der Waals surface area contributed by atoms with Crippen LogP contribution in [0.2, 0.25) is 0 Å². The molecule has 2 heterocycles. The van der Waals surface area contributed by atoms with Gasteiger partial charge in [0.15, 0.2) is 11.3 Å². The van der Waals surface area contributed by atoms with Crippen molar-refractivity contribution < 1.29 is 23.5 Å². The monoisotopic (exact) mass is 421 g/mol. The molecule has 0 bridgehead atoms. The first kappa shape index (κ1) is 19.8. The first-order valence-electron chi connectivity index (χ1n) is 9.45. The van der Waals surface area contributed by atoms with Gasteiger partial charge in [-0.25, -0.2) is 4.98 Å². The predicted octanol–water partition coefficient (Wildman–Crippen LogP) is 5.05. The Morgan fingerprint density at radius 3 is 2.90 bits per heavy atom. The summed E-state index contributed by atoms with van der Waals surface area (Å²) in [4.78, 5) is 27.2. The van der Waals surface area contributed by atoms with Crippen molar-refractivity contribution in [2.24, 2.45) is 0 Å². The van der Waals surface area contributed by atoms with Crippen LogP contribution in [0.1, 0.15) is 27.9 Å². The number of thiazole rings is 1. The minimum atomic E-state index is -0.287. The highest BCUT2D eigenvalue weighted by Gasteiger charge is 2.14. The summed E-state index contributed by atoms with van der Waals surface area (Å²) < 4.78 is 16.7. The Bertz CT molecular complexity index is 1190. The molecule has 0 radical (unpaired) electrons. The second kappa shape index (κ2) is 8.92. The molecule has 4 aromatic rings. The maximum atomic E-state index is 11.9. The lowest BCUT2D eigenvalue weighted by atomic mass is 10.1. The Kier molecular flexibility index (Phi) is 5.90. The highest BCUT2D eigenvalue weighted by molar-refractivity contribution is 7.11. The molecule has 0 saturated heterocycles. The van der Waals surface area contributed by atoms with Crippen molar-refractivity contribution in [2.75, 3.05) is 6.61 Å². The fraction of sp³-hybridized carbons (Fsp3) is 0.174. The number of para-hydroxylation sites is 1. The third-order valence-electron chi connectivity index (χ3n) is 4.52. The molecule has 0 unspecified atom stereocenters. The Balaban J connectivity index is 1.60. The summed E-state index contributed by atoms with van der Waals surface area (Å²) in [5.74, 6) is 0.349. The van der Waals surface area contributed by atoms with Gasteiger partial charge in [0.05, 0.1) is 25.0 Å². The van der Waals surface area contributed by atoms with Gasteiger partial charge < -0.3 is 13.9 Å². The first-order chi connectivity index (χ1) is 14.7. The Morgan fingerprint density at radius 2 is 2.10 bits per heavy atom. The second-order valence-corrected chi connectivity index (χ2v) is 7.44. The number of hydrogen-bond acceptors (Lipinski definition) is 7. The molecule has 0 amide bonds. The minimum absolute atomic E-state index is 0.156. The van der Waals surface area contributed by atoms with E-state index in [9.17, 15) is 9.59 Å². The Hall–Kier alpha value is -3.45. The summed E-state index contributed by atoms with van der Waals surface area (Å²) in [5.41, 5.74) is 3.90. The van der Waals surface area contributed by atoms with E-state index in [-0.39, 0.29) is 12.4 Å². The number of aldehydes is 1. The lowest BCUT2D eigenvalue weighted by Crippen LogP contribution is -2.09. The molecule has 2 aromatic heterocycles. The molecule has 0 atom stereocenters. The first-order valence-corrected chi connectivity index (χ1v) is 10.3. The van der Waals surface area contributed by atoms with Gasteiger partial charge in [-0.2, -0.15) is 0 Å². The molecule has 0 aliphatic carbocycles. The molecule has 0 fully saturated rings. The van der Waals surface area contributed by atoms with Gasteiger partial charge in [0.2, 0.25) is 0 Å². The standard InChI is InChI=1S/C23H19NO5S/c1-2-27-22(26)11-16-5-3-4-6-20(16)29-13-15-9-17-7-8-28-23(17)18(10-15)19-14-30-21(12-25)24-19/h3-10,12,14H,2,11,13H2,1H3. The molecule has 0 aliphatic rings. The van der Waals surface area contributed by atoms with Crippen molar-refractivity contribution in [3.63, 3.8) is 0 Å². The van der Waals surface area contributed by atoms with Crippen LogP contribution in [-0.4, -0.2) is 23.8 Å². The number of furan rings is 1. The minimum Gasteiger partial charge on any atom is -0.489 e. The summed E-state index contributed by atoms with van der Waals surface area (Å²) in [5, 5.41) is 3.17. The van der Waals surface area contributed by atoms with Crippen molar-refractivity contribution >= 4 is 34.6 Å². The number of benzene rings is 2. The number of ether oxygens (including phenoxy) is 2. The van der Waals surface area contributed by atoms with Gasteiger partial charge in [0.1, 0.15) is 17.9 Å². The van der Waals surface area contributed by atoms with Gasteiger partial charge >= 0.3 is 5.97 Å². The van der Waals surface area contributed by atoms with Crippen LogP contribution < -0.4 is 4.74 Å². The summed E-state index contributed by atoms with van der Waals surface area (Å²) >= 11 is 1.29. The van der Waals surface area contributed by atoms with E-state index in [1.165, 1.54) is 11.3 Å². The number of fused-ring (bicyclic) bond motifs is 1. The van der Waals surface area contributed by atoms with Gasteiger partial charge in [-0.15, -0.1) is 11.3 Å². The molecule has 30 heavy (non-hydrogen) atoms.